The van der Waals surface area contributed by atoms with Crippen LogP contribution < -0.4 is 0 Å². The minimum absolute atomic E-state index is 0.198. The molecule has 1 aromatic carbocycles. The zero-order valence-electron chi connectivity index (χ0n) is 11.7. The van der Waals surface area contributed by atoms with Gasteiger partial charge in [-0.15, -0.1) is 11.8 Å². The molecule has 0 aliphatic carbocycles. The largest absolute Gasteiger partial charge is 0.293 e. The monoisotopic (exact) mass is 298 g/mol. The third-order valence-electron chi connectivity index (χ3n) is 3.22. The molecule has 0 spiro atoms. The fraction of sp³-hybridized carbons (Fsp3) is 0.118. The van der Waals surface area contributed by atoms with Crippen molar-refractivity contribution in [1.82, 2.24) is 9.55 Å². The van der Waals surface area contributed by atoms with E-state index in [0.29, 0.717) is 0 Å². The highest BCUT2D eigenvalue weighted by atomic mass is 32.2. The first-order valence-corrected chi connectivity index (χ1v) is 7.69. The zero-order valence-corrected chi connectivity index (χ0v) is 12.5. The molecule has 0 N–H and O–H groups in total. The first-order valence-electron chi connectivity index (χ1n) is 6.71. The molecular weight excluding hydrogens is 283 g/mol. The quantitative estimate of drug-likeness (QED) is 0.654. The Morgan fingerprint density at radius 3 is 2.57 bits per heavy atom. The number of hydrogen-bond donors (Lipinski definition) is 0. The maximum Gasteiger partial charge on any atom is 0.137 e. The number of thioether (sulfide) groups is 1. The zero-order chi connectivity index (χ0) is 14.7. The number of aromatic nitrogens is 2. The molecule has 0 atom stereocenters. The summed E-state index contributed by atoms with van der Waals surface area (Å²) in [7, 11) is 0. The molecule has 0 radical (unpaired) electrons. The first kappa shape index (κ1) is 13.9. The van der Waals surface area contributed by atoms with Crippen LogP contribution in [0.2, 0.25) is 0 Å². The van der Waals surface area contributed by atoms with Gasteiger partial charge in [0.25, 0.3) is 0 Å². The van der Waals surface area contributed by atoms with Crippen LogP contribution in [0.5, 0.6) is 0 Å². The number of benzene rings is 1. The van der Waals surface area contributed by atoms with E-state index >= 15 is 0 Å². The van der Waals surface area contributed by atoms with Crippen LogP contribution in [0.1, 0.15) is 11.3 Å². The Labute approximate surface area is 127 Å². The Kier molecular flexibility index (Phi) is 4.06. The van der Waals surface area contributed by atoms with Crippen molar-refractivity contribution in [2.75, 3.05) is 0 Å². The Morgan fingerprint density at radius 1 is 1.05 bits per heavy atom. The van der Waals surface area contributed by atoms with Gasteiger partial charge in [-0.1, -0.05) is 18.2 Å². The third-order valence-corrected chi connectivity index (χ3v) is 4.31. The molecule has 3 rings (SSSR count). The Bertz CT molecular complexity index is 720. The molecule has 21 heavy (non-hydrogen) atoms. The van der Waals surface area contributed by atoms with E-state index in [1.54, 1.807) is 18.0 Å². The molecule has 106 valence electrons. The van der Waals surface area contributed by atoms with Crippen molar-refractivity contribution in [1.29, 1.82) is 0 Å². The highest BCUT2D eigenvalue weighted by Gasteiger charge is 2.08. The van der Waals surface area contributed by atoms with E-state index in [1.165, 1.54) is 12.1 Å². The van der Waals surface area contributed by atoms with Crippen molar-refractivity contribution in [3.63, 3.8) is 0 Å². The molecule has 2 aromatic heterocycles. The molecular formula is C17H15FN2S. The standard InChI is InChI=1S/C17H15FN2S/c1-13-5-10-17(20(13)16-4-2-3-11-19-16)21-12-14-6-8-15(18)9-7-14/h2-11H,12H2,1H3. The van der Waals surface area contributed by atoms with Crippen molar-refractivity contribution in [2.45, 2.75) is 17.7 Å². The van der Waals surface area contributed by atoms with E-state index in [4.69, 9.17) is 0 Å². The molecule has 3 aromatic rings. The Hall–Kier alpha value is -2.07. The van der Waals surface area contributed by atoms with Gasteiger partial charge in [0.15, 0.2) is 0 Å². The fourth-order valence-electron chi connectivity index (χ4n) is 2.14. The fourth-order valence-corrected chi connectivity index (χ4v) is 3.18. The Morgan fingerprint density at radius 2 is 1.86 bits per heavy atom. The van der Waals surface area contributed by atoms with E-state index in [-0.39, 0.29) is 5.82 Å². The second kappa shape index (κ2) is 6.14. The van der Waals surface area contributed by atoms with E-state index in [1.807, 2.05) is 30.3 Å². The van der Waals surface area contributed by atoms with Gasteiger partial charge in [0.2, 0.25) is 0 Å². The number of nitrogens with zero attached hydrogens (tertiary/aromatic N) is 2. The highest BCUT2D eigenvalue weighted by Crippen LogP contribution is 2.27. The summed E-state index contributed by atoms with van der Waals surface area (Å²) >= 11 is 1.72. The van der Waals surface area contributed by atoms with Crippen LogP contribution in [0.4, 0.5) is 4.39 Å². The predicted octanol–water partition coefficient (Wildman–Crippen LogP) is 4.61. The minimum atomic E-state index is -0.198. The van der Waals surface area contributed by atoms with E-state index in [2.05, 4.69) is 28.6 Å². The van der Waals surface area contributed by atoms with Gasteiger partial charge in [-0.05, 0) is 48.9 Å². The summed E-state index contributed by atoms with van der Waals surface area (Å²) < 4.78 is 15.1. The van der Waals surface area contributed by atoms with Crippen LogP contribution in [0.3, 0.4) is 0 Å². The maximum atomic E-state index is 12.9. The molecule has 0 aliphatic rings. The summed E-state index contributed by atoms with van der Waals surface area (Å²) in [4.78, 5) is 4.41. The third kappa shape index (κ3) is 3.16. The normalized spacial score (nSPS) is 10.8. The summed E-state index contributed by atoms with van der Waals surface area (Å²) in [6.07, 6.45) is 1.79. The van der Waals surface area contributed by atoms with Gasteiger partial charge < -0.3 is 0 Å². The van der Waals surface area contributed by atoms with Crippen molar-refractivity contribution < 1.29 is 4.39 Å². The van der Waals surface area contributed by atoms with Gasteiger partial charge in [-0.2, -0.15) is 0 Å². The van der Waals surface area contributed by atoms with Crippen molar-refractivity contribution in [2.24, 2.45) is 0 Å². The molecule has 0 saturated heterocycles. The van der Waals surface area contributed by atoms with Gasteiger partial charge in [-0.25, -0.2) is 9.37 Å². The average Bonchev–Trinajstić information content (AvgIpc) is 2.88. The van der Waals surface area contributed by atoms with Gasteiger partial charge in [0, 0.05) is 17.6 Å². The van der Waals surface area contributed by atoms with Crippen LogP contribution in [-0.4, -0.2) is 9.55 Å². The predicted molar refractivity (Wildman–Crippen MR) is 84.3 cm³/mol. The summed E-state index contributed by atoms with van der Waals surface area (Å²) in [6, 6.07) is 16.7. The smallest absolute Gasteiger partial charge is 0.137 e. The molecule has 4 heteroatoms. The molecule has 0 unspecified atom stereocenters. The van der Waals surface area contributed by atoms with E-state index in [9.17, 15) is 4.39 Å². The highest BCUT2D eigenvalue weighted by molar-refractivity contribution is 7.98. The van der Waals surface area contributed by atoms with Gasteiger partial charge in [-0.3, -0.25) is 4.57 Å². The Balaban J connectivity index is 1.82. The van der Waals surface area contributed by atoms with Crippen LogP contribution in [0.15, 0.2) is 65.8 Å². The molecule has 2 nitrogen and oxygen atoms in total. The van der Waals surface area contributed by atoms with Crippen molar-refractivity contribution in [3.05, 3.63) is 77.9 Å². The molecule has 0 aliphatic heterocycles. The number of pyridine rings is 1. The van der Waals surface area contributed by atoms with Crippen LogP contribution in [-0.2, 0) is 5.75 Å². The van der Waals surface area contributed by atoms with Gasteiger partial charge >= 0.3 is 0 Å². The van der Waals surface area contributed by atoms with Crippen molar-refractivity contribution >= 4 is 11.8 Å². The average molecular weight is 298 g/mol. The lowest BCUT2D eigenvalue weighted by atomic mass is 10.2. The van der Waals surface area contributed by atoms with Gasteiger partial charge in [0.05, 0.1) is 5.03 Å². The second-order valence-electron chi connectivity index (χ2n) is 4.75. The van der Waals surface area contributed by atoms with Gasteiger partial charge in [0.1, 0.15) is 11.6 Å². The van der Waals surface area contributed by atoms with Crippen molar-refractivity contribution in [3.8, 4) is 5.82 Å². The summed E-state index contributed by atoms with van der Waals surface area (Å²) in [5.74, 6) is 1.52. The van der Waals surface area contributed by atoms with Crippen LogP contribution in [0, 0.1) is 12.7 Å². The molecule has 0 saturated carbocycles. The maximum absolute atomic E-state index is 12.9. The van der Waals surface area contributed by atoms with E-state index < -0.39 is 0 Å². The topological polar surface area (TPSA) is 17.8 Å². The summed E-state index contributed by atoms with van der Waals surface area (Å²) in [6.45, 7) is 2.07. The number of halogens is 1. The molecule has 0 bridgehead atoms. The minimum Gasteiger partial charge on any atom is -0.293 e. The SMILES string of the molecule is Cc1ccc(SCc2ccc(F)cc2)n1-c1ccccn1. The molecule has 2 heterocycles. The lowest BCUT2D eigenvalue weighted by Crippen LogP contribution is -2.00. The number of rotatable bonds is 4. The lowest BCUT2D eigenvalue weighted by Gasteiger charge is -2.10. The molecule has 0 amide bonds. The molecule has 0 fully saturated rings. The first-order chi connectivity index (χ1) is 10.2. The summed E-state index contributed by atoms with van der Waals surface area (Å²) in [5, 5.41) is 1.13. The second-order valence-corrected chi connectivity index (χ2v) is 5.75. The summed E-state index contributed by atoms with van der Waals surface area (Å²) in [5.41, 5.74) is 2.25. The number of hydrogen-bond acceptors (Lipinski definition) is 2. The van der Waals surface area contributed by atoms with E-state index in [0.717, 1.165) is 27.9 Å². The lowest BCUT2D eigenvalue weighted by molar-refractivity contribution is 0.627. The van der Waals surface area contributed by atoms with Crippen LogP contribution >= 0.6 is 11.8 Å². The van der Waals surface area contributed by atoms with Crippen LogP contribution in [0.25, 0.3) is 5.82 Å². The number of aryl methyl sites for hydroxylation is 1.